The van der Waals surface area contributed by atoms with Gasteiger partial charge in [0, 0.05) is 10.9 Å². The second-order valence-electron chi connectivity index (χ2n) is 3.97. The van der Waals surface area contributed by atoms with Crippen molar-refractivity contribution in [2.75, 3.05) is 0 Å². The van der Waals surface area contributed by atoms with Crippen molar-refractivity contribution in [1.82, 2.24) is 4.98 Å². The summed E-state index contributed by atoms with van der Waals surface area (Å²) in [6.07, 6.45) is 1.76. The number of halogens is 1. The van der Waals surface area contributed by atoms with Gasteiger partial charge in [-0.1, -0.05) is 0 Å². The van der Waals surface area contributed by atoms with Gasteiger partial charge < -0.3 is 0 Å². The van der Waals surface area contributed by atoms with E-state index in [4.69, 9.17) is 0 Å². The average molecular weight is 261 g/mol. The number of hydrogen-bond donors (Lipinski definition) is 0. The number of carbonyl (C=O) groups is 1. The van der Waals surface area contributed by atoms with Crippen molar-refractivity contribution >= 4 is 23.2 Å². The van der Waals surface area contributed by atoms with E-state index in [9.17, 15) is 9.18 Å². The molecule has 0 N–H and O–H groups in total. The highest BCUT2D eigenvalue weighted by Gasteiger charge is 2.04. The lowest BCUT2D eigenvalue weighted by Crippen LogP contribution is -1.90. The number of carbonyl (C=O) groups excluding carboxylic acids is 1. The molecular formula is C14H12FNOS. The fourth-order valence-corrected chi connectivity index (χ4v) is 2.18. The van der Waals surface area contributed by atoms with Crippen LogP contribution in [0.5, 0.6) is 0 Å². The molecule has 4 heteroatoms. The maximum atomic E-state index is 12.8. The van der Waals surface area contributed by atoms with Crippen LogP contribution in [-0.4, -0.2) is 10.8 Å². The molecule has 0 spiro atoms. The first-order chi connectivity index (χ1) is 8.56. The number of aromatic nitrogens is 1. The number of rotatable bonds is 3. The molecule has 0 amide bonds. The van der Waals surface area contributed by atoms with E-state index in [1.807, 2.05) is 5.38 Å². The van der Waals surface area contributed by atoms with Crippen LogP contribution in [0, 0.1) is 5.82 Å². The normalized spacial score (nSPS) is 11.6. The molecule has 1 heterocycles. The number of hydrogen-bond acceptors (Lipinski definition) is 3. The Kier molecular flexibility index (Phi) is 3.67. The van der Waals surface area contributed by atoms with Crippen LogP contribution in [0.15, 0.2) is 35.2 Å². The highest BCUT2D eigenvalue weighted by molar-refractivity contribution is 7.13. The Balaban J connectivity index is 2.28. The minimum atomic E-state index is -0.261. The molecule has 0 unspecified atom stereocenters. The Labute approximate surface area is 109 Å². The van der Waals surface area contributed by atoms with Crippen molar-refractivity contribution in [3.63, 3.8) is 0 Å². The highest BCUT2D eigenvalue weighted by atomic mass is 32.1. The smallest absolute Gasteiger partial charge is 0.155 e. The first kappa shape index (κ1) is 12.6. The molecule has 0 aliphatic carbocycles. The van der Waals surface area contributed by atoms with Crippen LogP contribution in [0.25, 0.3) is 16.6 Å². The minimum Gasteiger partial charge on any atom is -0.295 e. The van der Waals surface area contributed by atoms with Crippen molar-refractivity contribution in [1.29, 1.82) is 0 Å². The second kappa shape index (κ2) is 5.23. The van der Waals surface area contributed by atoms with E-state index in [2.05, 4.69) is 4.98 Å². The lowest BCUT2D eigenvalue weighted by Gasteiger charge is -1.95. The van der Waals surface area contributed by atoms with Crippen molar-refractivity contribution < 1.29 is 9.18 Å². The molecule has 0 bridgehead atoms. The van der Waals surface area contributed by atoms with Gasteiger partial charge >= 0.3 is 0 Å². The summed E-state index contributed by atoms with van der Waals surface area (Å²) < 4.78 is 12.8. The number of benzene rings is 1. The minimum absolute atomic E-state index is 0.0336. The summed E-state index contributed by atoms with van der Waals surface area (Å²) in [5, 5.41) is 2.70. The maximum absolute atomic E-state index is 12.8. The molecule has 0 fully saturated rings. The van der Waals surface area contributed by atoms with Crippen LogP contribution in [0.2, 0.25) is 0 Å². The van der Waals surface area contributed by atoms with Gasteiger partial charge in [0.1, 0.15) is 10.8 Å². The Bertz CT molecular complexity index is 599. The summed E-state index contributed by atoms with van der Waals surface area (Å²) in [6, 6.07) is 6.21. The summed E-state index contributed by atoms with van der Waals surface area (Å²) in [6.45, 7) is 3.29. The van der Waals surface area contributed by atoms with Crippen LogP contribution >= 0.6 is 11.3 Å². The molecule has 0 saturated heterocycles. The fourth-order valence-electron chi connectivity index (χ4n) is 1.40. The summed E-state index contributed by atoms with van der Waals surface area (Å²) in [5.41, 5.74) is 2.31. The highest BCUT2D eigenvalue weighted by Crippen LogP contribution is 2.24. The standard InChI is InChI=1S/C14H12FNOS/c1-9(10(2)17)7-13-8-18-14(16-13)11-3-5-12(15)6-4-11/h3-8H,1-2H3/b9-7+. The van der Waals surface area contributed by atoms with Crippen molar-refractivity contribution in [3.05, 3.63) is 46.7 Å². The molecule has 92 valence electrons. The van der Waals surface area contributed by atoms with Gasteiger partial charge in [0.05, 0.1) is 5.69 Å². The average Bonchev–Trinajstić information content (AvgIpc) is 2.78. The van der Waals surface area contributed by atoms with Gasteiger partial charge in [0.25, 0.3) is 0 Å². The van der Waals surface area contributed by atoms with Crippen molar-refractivity contribution in [3.8, 4) is 10.6 Å². The Morgan fingerprint density at radius 1 is 1.28 bits per heavy atom. The number of nitrogens with zero attached hydrogens (tertiary/aromatic N) is 1. The summed E-state index contributed by atoms with van der Waals surface area (Å²) in [7, 11) is 0. The first-order valence-electron chi connectivity index (χ1n) is 5.47. The predicted octanol–water partition coefficient (Wildman–Crippen LogP) is 3.94. The van der Waals surface area contributed by atoms with Gasteiger partial charge in [-0.25, -0.2) is 9.37 Å². The van der Waals surface area contributed by atoms with Crippen LogP contribution in [-0.2, 0) is 4.79 Å². The molecule has 1 aromatic carbocycles. The van der Waals surface area contributed by atoms with E-state index in [1.54, 1.807) is 25.1 Å². The number of Topliss-reactive ketones (excluding diaryl/α,β-unsaturated/α-hetero) is 1. The maximum Gasteiger partial charge on any atom is 0.155 e. The number of allylic oxidation sites excluding steroid dienone is 1. The quantitative estimate of drug-likeness (QED) is 0.783. The number of ketones is 1. The second-order valence-corrected chi connectivity index (χ2v) is 4.83. The van der Waals surface area contributed by atoms with E-state index >= 15 is 0 Å². The molecule has 2 aromatic rings. The molecule has 0 saturated carbocycles. The third-order valence-corrected chi connectivity index (χ3v) is 3.44. The summed E-state index contributed by atoms with van der Waals surface area (Å²) in [4.78, 5) is 15.5. The van der Waals surface area contributed by atoms with E-state index in [0.29, 0.717) is 5.57 Å². The van der Waals surface area contributed by atoms with E-state index in [1.165, 1.54) is 30.4 Å². The van der Waals surface area contributed by atoms with E-state index in [-0.39, 0.29) is 11.6 Å². The van der Waals surface area contributed by atoms with Gasteiger partial charge in [-0.2, -0.15) is 0 Å². The zero-order valence-corrected chi connectivity index (χ0v) is 10.9. The van der Waals surface area contributed by atoms with E-state index < -0.39 is 0 Å². The van der Waals surface area contributed by atoms with Gasteiger partial charge in [-0.05, 0) is 49.8 Å². The molecule has 0 radical (unpaired) electrons. The molecule has 0 aliphatic heterocycles. The van der Waals surface area contributed by atoms with Gasteiger partial charge in [0.2, 0.25) is 0 Å². The molecule has 0 atom stereocenters. The molecular weight excluding hydrogens is 249 g/mol. The third kappa shape index (κ3) is 2.90. The lowest BCUT2D eigenvalue weighted by molar-refractivity contribution is -0.113. The lowest BCUT2D eigenvalue weighted by atomic mass is 10.2. The summed E-state index contributed by atoms with van der Waals surface area (Å²) >= 11 is 1.47. The van der Waals surface area contributed by atoms with E-state index in [0.717, 1.165) is 16.3 Å². The van der Waals surface area contributed by atoms with Crippen LogP contribution < -0.4 is 0 Å². The largest absolute Gasteiger partial charge is 0.295 e. The van der Waals surface area contributed by atoms with Gasteiger partial charge in [0.15, 0.2) is 5.78 Å². The monoisotopic (exact) mass is 261 g/mol. The van der Waals surface area contributed by atoms with Crippen LogP contribution in [0.4, 0.5) is 4.39 Å². The molecule has 1 aromatic heterocycles. The van der Waals surface area contributed by atoms with Gasteiger partial charge in [-0.15, -0.1) is 11.3 Å². The molecule has 2 nitrogen and oxygen atoms in total. The molecule has 18 heavy (non-hydrogen) atoms. The van der Waals surface area contributed by atoms with Crippen molar-refractivity contribution in [2.45, 2.75) is 13.8 Å². The summed E-state index contributed by atoms with van der Waals surface area (Å²) in [5.74, 6) is -0.228. The Hall–Kier alpha value is -1.81. The topological polar surface area (TPSA) is 30.0 Å². The van der Waals surface area contributed by atoms with Crippen molar-refractivity contribution in [2.24, 2.45) is 0 Å². The molecule has 0 aliphatic rings. The Morgan fingerprint density at radius 2 is 1.94 bits per heavy atom. The zero-order chi connectivity index (χ0) is 13.1. The van der Waals surface area contributed by atoms with Gasteiger partial charge in [-0.3, -0.25) is 4.79 Å². The zero-order valence-electron chi connectivity index (χ0n) is 10.1. The fraction of sp³-hybridized carbons (Fsp3) is 0.143. The predicted molar refractivity (Wildman–Crippen MR) is 71.8 cm³/mol. The number of thiazole rings is 1. The first-order valence-corrected chi connectivity index (χ1v) is 6.35. The Morgan fingerprint density at radius 3 is 2.56 bits per heavy atom. The van der Waals surface area contributed by atoms with Crippen LogP contribution in [0.1, 0.15) is 19.5 Å². The molecule has 2 rings (SSSR count). The third-order valence-electron chi connectivity index (χ3n) is 2.53. The SMILES string of the molecule is CC(=O)/C(C)=C/c1csc(-c2ccc(F)cc2)n1. The van der Waals surface area contributed by atoms with Crippen LogP contribution in [0.3, 0.4) is 0 Å².